The molecular formula is C22H26N2O3S. The van der Waals surface area contributed by atoms with Crippen molar-refractivity contribution in [1.29, 1.82) is 0 Å². The van der Waals surface area contributed by atoms with Gasteiger partial charge in [0.25, 0.3) is 11.6 Å². The van der Waals surface area contributed by atoms with Gasteiger partial charge in [0, 0.05) is 11.6 Å². The van der Waals surface area contributed by atoms with Crippen LogP contribution in [-0.2, 0) is 19.9 Å². The molecule has 0 radical (unpaired) electrons. The molecule has 1 aliphatic heterocycles. The van der Waals surface area contributed by atoms with Crippen LogP contribution in [0.1, 0.15) is 50.3 Å². The minimum Gasteiger partial charge on any atom is -0.463 e. The van der Waals surface area contributed by atoms with E-state index in [1.54, 1.807) is 0 Å². The minimum absolute atomic E-state index is 0.258. The second kappa shape index (κ2) is 7.07. The third kappa shape index (κ3) is 2.81. The third-order valence-corrected chi connectivity index (χ3v) is 7.44. The van der Waals surface area contributed by atoms with Crippen molar-refractivity contribution in [3.63, 3.8) is 0 Å². The number of nitrogens with one attached hydrogen (secondary N) is 1. The summed E-state index contributed by atoms with van der Waals surface area (Å²) < 4.78 is 11.6. The quantitative estimate of drug-likeness (QED) is 0.769. The SMILES string of the molecule is CCOC(=O)C1(c2cccs2)CN=C(NC2=C3CCCC3=CC3CCCC23)O1. The number of nitrogens with zero attached hydrogens (tertiary/aromatic N) is 1. The van der Waals surface area contributed by atoms with Gasteiger partial charge in [0.1, 0.15) is 6.54 Å². The second-order valence-corrected chi connectivity index (χ2v) is 8.96. The maximum atomic E-state index is 12.8. The number of rotatable bonds is 4. The van der Waals surface area contributed by atoms with E-state index in [1.807, 2.05) is 24.4 Å². The number of fused-ring (bicyclic) bond motifs is 2. The van der Waals surface area contributed by atoms with Gasteiger partial charge >= 0.3 is 5.97 Å². The largest absolute Gasteiger partial charge is 0.463 e. The molecule has 5 rings (SSSR count). The van der Waals surface area contributed by atoms with Crippen LogP contribution in [0.5, 0.6) is 0 Å². The van der Waals surface area contributed by atoms with E-state index >= 15 is 0 Å². The number of aliphatic imine (C=N–C) groups is 1. The Hall–Kier alpha value is -2.08. The van der Waals surface area contributed by atoms with Gasteiger partial charge in [-0.1, -0.05) is 18.6 Å². The number of allylic oxidation sites excluding steroid dienone is 4. The average Bonchev–Trinajstić information content (AvgIpc) is 3.47. The summed E-state index contributed by atoms with van der Waals surface area (Å²) in [5.74, 6) is 0.801. The van der Waals surface area contributed by atoms with Crippen molar-refractivity contribution in [3.8, 4) is 0 Å². The minimum atomic E-state index is -1.16. The first-order valence-electron chi connectivity index (χ1n) is 10.4. The molecule has 0 aromatic carbocycles. The smallest absolute Gasteiger partial charge is 0.358 e. The van der Waals surface area contributed by atoms with E-state index in [1.165, 1.54) is 60.3 Å². The maximum absolute atomic E-state index is 12.8. The zero-order valence-corrected chi connectivity index (χ0v) is 17.0. The fourth-order valence-corrected chi connectivity index (χ4v) is 5.98. The Kier molecular flexibility index (Phi) is 4.54. The first-order chi connectivity index (χ1) is 13.7. The Balaban J connectivity index is 1.42. The number of ether oxygens (including phenoxy) is 2. The summed E-state index contributed by atoms with van der Waals surface area (Å²) in [4.78, 5) is 18.3. The van der Waals surface area contributed by atoms with Crippen LogP contribution < -0.4 is 5.32 Å². The van der Waals surface area contributed by atoms with Crippen molar-refractivity contribution in [2.75, 3.05) is 13.2 Å². The molecule has 3 atom stereocenters. The number of carbonyl (C=O) groups is 1. The number of thiophene rings is 1. The fraction of sp³-hybridized carbons (Fsp3) is 0.545. The van der Waals surface area contributed by atoms with Gasteiger partial charge in [0.2, 0.25) is 0 Å². The van der Waals surface area contributed by atoms with Crippen molar-refractivity contribution >= 4 is 23.3 Å². The molecule has 0 saturated heterocycles. The second-order valence-electron chi connectivity index (χ2n) is 8.01. The van der Waals surface area contributed by atoms with Gasteiger partial charge in [-0.3, -0.25) is 0 Å². The maximum Gasteiger partial charge on any atom is 0.358 e. The molecule has 2 fully saturated rings. The summed E-state index contributed by atoms with van der Waals surface area (Å²) in [5, 5.41) is 5.49. The summed E-state index contributed by atoms with van der Waals surface area (Å²) in [6, 6.07) is 4.32. The highest BCUT2D eigenvalue weighted by Gasteiger charge is 2.50. The highest BCUT2D eigenvalue weighted by molar-refractivity contribution is 7.10. The fourth-order valence-electron chi connectivity index (χ4n) is 5.14. The molecule has 2 heterocycles. The van der Waals surface area contributed by atoms with E-state index in [0.29, 0.717) is 24.5 Å². The van der Waals surface area contributed by atoms with E-state index in [0.717, 1.165) is 11.3 Å². The summed E-state index contributed by atoms with van der Waals surface area (Å²) in [7, 11) is 0. The summed E-state index contributed by atoms with van der Waals surface area (Å²) in [6.07, 6.45) is 9.80. The van der Waals surface area contributed by atoms with E-state index in [-0.39, 0.29) is 12.5 Å². The van der Waals surface area contributed by atoms with Crippen LogP contribution in [0.3, 0.4) is 0 Å². The predicted molar refractivity (Wildman–Crippen MR) is 109 cm³/mol. The Bertz CT molecular complexity index is 870. The number of hydrogen-bond donors (Lipinski definition) is 1. The molecule has 1 aromatic rings. The molecule has 6 heteroatoms. The third-order valence-electron chi connectivity index (χ3n) is 6.42. The first-order valence-corrected chi connectivity index (χ1v) is 11.2. The lowest BCUT2D eigenvalue weighted by atomic mass is 9.82. The molecule has 148 valence electrons. The standard InChI is InChI=1S/C22H26N2O3S/c1-2-26-20(25)22(18-10-5-11-28-18)13-23-21(27-22)24-19-16-8-3-6-14(16)12-15-7-4-9-17(15)19/h5,10-12,14,16H,2-4,6-9,13H2,1H3,(H,23,24). The van der Waals surface area contributed by atoms with Crippen LogP contribution in [0.4, 0.5) is 0 Å². The van der Waals surface area contributed by atoms with E-state index in [9.17, 15) is 4.79 Å². The molecule has 1 aromatic heterocycles. The van der Waals surface area contributed by atoms with Crippen molar-refractivity contribution in [3.05, 3.63) is 45.3 Å². The number of amidine groups is 1. The molecular weight excluding hydrogens is 372 g/mol. The number of carbonyl (C=O) groups excluding carboxylic acids is 1. The molecule has 4 aliphatic rings. The zero-order chi connectivity index (χ0) is 19.1. The molecule has 5 nitrogen and oxygen atoms in total. The summed E-state index contributed by atoms with van der Waals surface area (Å²) in [5.41, 5.74) is 3.11. The van der Waals surface area contributed by atoms with E-state index in [2.05, 4.69) is 16.4 Å². The average molecular weight is 399 g/mol. The molecule has 3 unspecified atom stereocenters. The molecule has 28 heavy (non-hydrogen) atoms. The molecule has 1 N–H and O–H groups in total. The van der Waals surface area contributed by atoms with Crippen LogP contribution in [0.15, 0.2) is 45.4 Å². The lowest BCUT2D eigenvalue weighted by molar-refractivity contribution is -0.161. The lowest BCUT2D eigenvalue weighted by Crippen LogP contribution is -2.42. The van der Waals surface area contributed by atoms with Crippen LogP contribution in [0, 0.1) is 11.8 Å². The van der Waals surface area contributed by atoms with E-state index < -0.39 is 5.60 Å². The number of hydrogen-bond acceptors (Lipinski definition) is 6. The zero-order valence-electron chi connectivity index (χ0n) is 16.2. The topological polar surface area (TPSA) is 59.9 Å². The van der Waals surface area contributed by atoms with Crippen molar-refractivity contribution < 1.29 is 14.3 Å². The Labute approximate surface area is 169 Å². The van der Waals surface area contributed by atoms with Crippen LogP contribution in [-0.4, -0.2) is 25.1 Å². The Morgan fingerprint density at radius 3 is 3.14 bits per heavy atom. The summed E-state index contributed by atoms with van der Waals surface area (Å²) >= 11 is 1.50. The van der Waals surface area contributed by atoms with Crippen LogP contribution >= 0.6 is 11.3 Å². The van der Waals surface area contributed by atoms with Gasteiger partial charge in [-0.15, -0.1) is 11.3 Å². The lowest BCUT2D eigenvalue weighted by Gasteiger charge is -2.30. The van der Waals surface area contributed by atoms with Gasteiger partial charge in [-0.2, -0.15) is 0 Å². The van der Waals surface area contributed by atoms with Gasteiger partial charge in [0.05, 0.1) is 11.5 Å². The van der Waals surface area contributed by atoms with Crippen molar-refractivity contribution in [1.82, 2.24) is 5.32 Å². The van der Waals surface area contributed by atoms with Gasteiger partial charge in [-0.05, 0) is 67.5 Å². The molecule has 2 saturated carbocycles. The highest BCUT2D eigenvalue weighted by Crippen LogP contribution is 2.48. The normalized spacial score (nSPS) is 31.0. The first kappa shape index (κ1) is 18.0. The van der Waals surface area contributed by atoms with Gasteiger partial charge in [-0.25, -0.2) is 9.79 Å². The van der Waals surface area contributed by atoms with E-state index in [4.69, 9.17) is 9.47 Å². The van der Waals surface area contributed by atoms with Crippen molar-refractivity contribution in [2.45, 2.75) is 51.0 Å². The summed E-state index contributed by atoms with van der Waals surface area (Å²) in [6.45, 7) is 2.40. The Morgan fingerprint density at radius 1 is 1.39 bits per heavy atom. The van der Waals surface area contributed by atoms with Crippen LogP contribution in [0.2, 0.25) is 0 Å². The molecule has 0 amide bonds. The van der Waals surface area contributed by atoms with Crippen molar-refractivity contribution in [2.24, 2.45) is 16.8 Å². The Morgan fingerprint density at radius 2 is 2.32 bits per heavy atom. The molecule has 0 spiro atoms. The van der Waals surface area contributed by atoms with Gasteiger partial charge in [0.15, 0.2) is 0 Å². The molecule has 0 bridgehead atoms. The van der Waals surface area contributed by atoms with Gasteiger partial charge < -0.3 is 14.8 Å². The monoisotopic (exact) mass is 398 g/mol. The number of esters is 1. The predicted octanol–water partition coefficient (Wildman–Crippen LogP) is 4.28. The highest BCUT2D eigenvalue weighted by atomic mass is 32.1. The molecule has 3 aliphatic carbocycles. The van der Waals surface area contributed by atoms with Crippen LogP contribution in [0.25, 0.3) is 0 Å².